The Labute approximate surface area is 197 Å². The number of aromatic nitrogens is 1. The molecular weight excluding hydrogens is 473 g/mol. The van der Waals surface area contributed by atoms with E-state index in [2.05, 4.69) is 4.98 Å². The number of anilines is 2. The molecule has 0 unspecified atom stereocenters. The van der Waals surface area contributed by atoms with Gasteiger partial charge in [0.2, 0.25) is 5.91 Å². The van der Waals surface area contributed by atoms with Crippen LogP contribution in [0.15, 0.2) is 53.9 Å². The first-order chi connectivity index (χ1) is 16.2. The molecule has 1 aromatic heterocycles. The van der Waals surface area contributed by atoms with Crippen LogP contribution in [0.25, 0.3) is 0 Å². The minimum atomic E-state index is -4.55. The molecule has 0 aliphatic carbocycles. The molecule has 0 fully saturated rings. The Hall–Kier alpha value is -3.60. The van der Waals surface area contributed by atoms with Crippen molar-refractivity contribution >= 4 is 34.0 Å². The van der Waals surface area contributed by atoms with E-state index in [9.17, 15) is 22.8 Å². The molecule has 1 amide bonds. The second kappa shape index (κ2) is 11.0. The molecule has 0 spiro atoms. The van der Waals surface area contributed by atoms with E-state index in [1.165, 1.54) is 26.2 Å². The largest absolute Gasteiger partial charge is 0.493 e. The van der Waals surface area contributed by atoms with Gasteiger partial charge in [0.15, 0.2) is 16.6 Å². The van der Waals surface area contributed by atoms with Gasteiger partial charge in [-0.25, -0.2) is 4.98 Å². The number of alkyl halides is 3. The fraction of sp³-hybridized carbons (Fsp3) is 0.261. The highest BCUT2D eigenvalue weighted by Crippen LogP contribution is 2.35. The maximum absolute atomic E-state index is 13.1. The molecular formula is C23H21F3N2O5S. The summed E-state index contributed by atoms with van der Waals surface area (Å²) in [5.74, 6) is 0.0129. The van der Waals surface area contributed by atoms with Crippen LogP contribution in [0.2, 0.25) is 0 Å². The van der Waals surface area contributed by atoms with Gasteiger partial charge in [-0.05, 0) is 30.3 Å². The van der Waals surface area contributed by atoms with E-state index in [1.807, 2.05) is 0 Å². The number of carbonyl (C=O) groups is 2. The molecule has 0 N–H and O–H groups in total. The van der Waals surface area contributed by atoms with Crippen molar-refractivity contribution in [3.8, 4) is 11.5 Å². The van der Waals surface area contributed by atoms with Gasteiger partial charge in [-0.15, -0.1) is 11.3 Å². The van der Waals surface area contributed by atoms with Gasteiger partial charge in [0.1, 0.15) is 6.61 Å². The van der Waals surface area contributed by atoms with Gasteiger partial charge in [0, 0.05) is 12.3 Å². The highest BCUT2D eigenvalue weighted by molar-refractivity contribution is 7.14. The van der Waals surface area contributed by atoms with Gasteiger partial charge in [-0.3, -0.25) is 14.5 Å². The second-order valence-electron chi connectivity index (χ2n) is 6.93. The smallest absolute Gasteiger partial charge is 0.416 e. The summed E-state index contributed by atoms with van der Waals surface area (Å²) in [7, 11) is 1.51. The number of carbonyl (C=O) groups excluding carboxylic acids is 2. The molecule has 0 atom stereocenters. The molecule has 1 heterocycles. The van der Waals surface area contributed by atoms with Crippen molar-refractivity contribution < 1.29 is 37.0 Å². The van der Waals surface area contributed by atoms with Gasteiger partial charge in [-0.2, -0.15) is 13.2 Å². The average molecular weight is 494 g/mol. The van der Waals surface area contributed by atoms with Crippen molar-refractivity contribution in [3.05, 3.63) is 65.2 Å². The fourth-order valence-electron chi connectivity index (χ4n) is 2.92. The first-order valence-electron chi connectivity index (χ1n) is 10.0. The molecule has 34 heavy (non-hydrogen) atoms. The number of thiazole rings is 1. The standard InChI is InChI=1S/C23H21F3N2O5S/c1-15(29)28(18-7-5-6-16(12-18)23(24,25)26)22-27-17(14-34-22)13-33-21(30)10-11-32-20-9-4-3-8-19(20)31-2/h3-9,12,14H,10-11,13H2,1-2H3. The number of para-hydroxylation sites is 2. The third-order valence-electron chi connectivity index (χ3n) is 4.49. The van der Waals surface area contributed by atoms with Crippen molar-refractivity contribution in [1.29, 1.82) is 0 Å². The van der Waals surface area contributed by atoms with E-state index in [0.29, 0.717) is 17.2 Å². The van der Waals surface area contributed by atoms with Crippen LogP contribution in [-0.4, -0.2) is 30.6 Å². The SMILES string of the molecule is COc1ccccc1OCCC(=O)OCc1csc(N(C(C)=O)c2cccc(C(F)(F)F)c2)n1. The number of halogens is 3. The van der Waals surface area contributed by atoms with Crippen LogP contribution < -0.4 is 14.4 Å². The van der Waals surface area contributed by atoms with Crippen LogP contribution in [0, 0.1) is 0 Å². The molecule has 3 aromatic rings. The van der Waals surface area contributed by atoms with E-state index >= 15 is 0 Å². The van der Waals surface area contributed by atoms with Crippen LogP contribution in [0.5, 0.6) is 11.5 Å². The zero-order valence-corrected chi connectivity index (χ0v) is 19.1. The predicted molar refractivity (Wildman–Crippen MR) is 119 cm³/mol. The molecule has 0 aliphatic heterocycles. The Kier molecular flexibility index (Phi) is 8.11. The second-order valence-corrected chi connectivity index (χ2v) is 7.77. The van der Waals surface area contributed by atoms with E-state index < -0.39 is 23.6 Å². The summed E-state index contributed by atoms with van der Waals surface area (Å²) in [6.07, 6.45) is -4.56. The monoisotopic (exact) mass is 494 g/mol. The summed E-state index contributed by atoms with van der Waals surface area (Å²) in [5.41, 5.74) is -0.483. The van der Waals surface area contributed by atoms with Crippen LogP contribution in [0.1, 0.15) is 24.6 Å². The number of nitrogens with zero attached hydrogens (tertiary/aromatic N) is 2. The van der Waals surface area contributed by atoms with Gasteiger partial charge in [0.05, 0.1) is 37.1 Å². The van der Waals surface area contributed by atoms with Crippen molar-refractivity contribution in [1.82, 2.24) is 4.98 Å². The molecule has 3 rings (SSSR count). The number of amides is 1. The summed E-state index contributed by atoms with van der Waals surface area (Å²) in [6.45, 7) is 1.15. The number of hydrogen-bond donors (Lipinski definition) is 0. The number of rotatable bonds is 9. The lowest BCUT2D eigenvalue weighted by molar-refractivity contribution is -0.145. The van der Waals surface area contributed by atoms with Crippen LogP contribution in [-0.2, 0) is 27.1 Å². The summed E-state index contributed by atoms with van der Waals surface area (Å²) in [4.78, 5) is 29.5. The third-order valence-corrected chi connectivity index (χ3v) is 5.37. The maximum atomic E-state index is 13.1. The molecule has 0 saturated heterocycles. The Morgan fingerprint density at radius 2 is 1.82 bits per heavy atom. The van der Waals surface area contributed by atoms with E-state index in [0.717, 1.165) is 28.4 Å². The number of methoxy groups -OCH3 is 1. The normalized spacial score (nSPS) is 11.1. The number of hydrogen-bond acceptors (Lipinski definition) is 7. The summed E-state index contributed by atoms with van der Waals surface area (Å²) < 4.78 is 55.1. The van der Waals surface area contributed by atoms with Gasteiger partial charge in [0.25, 0.3) is 0 Å². The lowest BCUT2D eigenvalue weighted by atomic mass is 10.2. The first kappa shape index (κ1) is 25.0. The van der Waals surface area contributed by atoms with Crippen molar-refractivity contribution in [2.24, 2.45) is 0 Å². The molecule has 7 nitrogen and oxygen atoms in total. The molecule has 0 saturated carbocycles. The van der Waals surface area contributed by atoms with E-state index in [1.54, 1.807) is 29.6 Å². The zero-order chi connectivity index (χ0) is 24.7. The minimum Gasteiger partial charge on any atom is -0.493 e. The lowest BCUT2D eigenvalue weighted by Crippen LogP contribution is -2.23. The number of ether oxygens (including phenoxy) is 3. The predicted octanol–water partition coefficient (Wildman–Crippen LogP) is 5.37. The lowest BCUT2D eigenvalue weighted by Gasteiger charge is -2.19. The highest BCUT2D eigenvalue weighted by Gasteiger charge is 2.31. The molecule has 2 aromatic carbocycles. The summed E-state index contributed by atoms with van der Waals surface area (Å²) >= 11 is 1.05. The molecule has 0 radical (unpaired) electrons. The highest BCUT2D eigenvalue weighted by atomic mass is 32.1. The van der Waals surface area contributed by atoms with E-state index in [4.69, 9.17) is 14.2 Å². The number of benzene rings is 2. The van der Waals surface area contributed by atoms with Gasteiger partial charge < -0.3 is 14.2 Å². The topological polar surface area (TPSA) is 78.0 Å². The van der Waals surface area contributed by atoms with Crippen molar-refractivity contribution in [2.45, 2.75) is 26.1 Å². The summed E-state index contributed by atoms with van der Waals surface area (Å²) in [6, 6.07) is 11.4. The Balaban J connectivity index is 1.58. The quantitative estimate of drug-likeness (QED) is 0.373. The number of esters is 1. The first-order valence-corrected chi connectivity index (χ1v) is 10.9. The summed E-state index contributed by atoms with van der Waals surface area (Å²) in [5, 5.41) is 1.73. The van der Waals surface area contributed by atoms with E-state index in [-0.39, 0.29) is 30.5 Å². The molecule has 180 valence electrons. The van der Waals surface area contributed by atoms with Crippen LogP contribution in [0.3, 0.4) is 0 Å². The Bertz CT molecular complexity index is 1150. The zero-order valence-electron chi connectivity index (χ0n) is 18.3. The van der Waals surface area contributed by atoms with Gasteiger partial charge in [-0.1, -0.05) is 18.2 Å². The van der Waals surface area contributed by atoms with Gasteiger partial charge >= 0.3 is 12.1 Å². The van der Waals surface area contributed by atoms with Crippen molar-refractivity contribution in [3.63, 3.8) is 0 Å². The molecule has 0 bridgehead atoms. The van der Waals surface area contributed by atoms with Crippen LogP contribution >= 0.6 is 11.3 Å². The average Bonchev–Trinajstić information content (AvgIpc) is 3.26. The van der Waals surface area contributed by atoms with Crippen molar-refractivity contribution in [2.75, 3.05) is 18.6 Å². The fourth-order valence-corrected chi connectivity index (χ4v) is 3.79. The Morgan fingerprint density at radius 1 is 1.09 bits per heavy atom. The molecule has 11 heteroatoms. The molecule has 0 aliphatic rings. The third kappa shape index (κ3) is 6.47. The maximum Gasteiger partial charge on any atom is 0.416 e. The Morgan fingerprint density at radius 3 is 2.50 bits per heavy atom. The minimum absolute atomic E-state index is 0.0150. The van der Waals surface area contributed by atoms with Crippen LogP contribution in [0.4, 0.5) is 24.0 Å².